The summed E-state index contributed by atoms with van der Waals surface area (Å²) in [6.45, 7) is 2.80. The molecule has 7 rings (SSSR count). The summed E-state index contributed by atoms with van der Waals surface area (Å²) in [6.07, 6.45) is 2.80. The molecule has 11 heteroatoms. The van der Waals surface area contributed by atoms with Crippen LogP contribution in [0.4, 0.5) is 0 Å². The molecule has 3 saturated heterocycles. The molecule has 3 aromatic heterocycles. The van der Waals surface area contributed by atoms with Gasteiger partial charge in [-0.2, -0.15) is 4.98 Å². The normalized spacial score (nSPS) is 29.3. The number of ether oxygens (including phenoxy) is 5. The summed E-state index contributed by atoms with van der Waals surface area (Å²) in [5.74, 6) is 1.54. The van der Waals surface area contributed by atoms with Crippen molar-refractivity contribution in [1.82, 2.24) is 19.9 Å². The lowest BCUT2D eigenvalue weighted by atomic mass is 10.00. The summed E-state index contributed by atoms with van der Waals surface area (Å²) in [5.41, 5.74) is 4.35. The van der Waals surface area contributed by atoms with Crippen molar-refractivity contribution in [1.29, 1.82) is 0 Å². The summed E-state index contributed by atoms with van der Waals surface area (Å²) < 4.78 is 28.4. The highest BCUT2D eigenvalue weighted by Gasteiger charge is 2.48. The first-order chi connectivity index (χ1) is 17.6. The first-order valence-corrected chi connectivity index (χ1v) is 12.8. The van der Waals surface area contributed by atoms with Crippen LogP contribution in [0, 0.1) is 5.92 Å². The van der Waals surface area contributed by atoms with Crippen molar-refractivity contribution in [3.8, 4) is 11.8 Å². The van der Waals surface area contributed by atoms with Gasteiger partial charge in [0, 0.05) is 17.5 Å². The van der Waals surface area contributed by atoms with E-state index >= 15 is 0 Å². The number of aromatic amines is 1. The van der Waals surface area contributed by atoms with E-state index in [0.717, 1.165) is 43.2 Å². The molecule has 36 heavy (non-hydrogen) atoms. The molecule has 2 N–H and O–H groups in total. The molecule has 3 aromatic rings. The van der Waals surface area contributed by atoms with E-state index in [1.165, 1.54) is 5.56 Å². The summed E-state index contributed by atoms with van der Waals surface area (Å²) >= 11 is 6.62. The Morgan fingerprint density at radius 2 is 2.00 bits per heavy atom. The zero-order chi connectivity index (χ0) is 24.2. The van der Waals surface area contributed by atoms with Crippen molar-refractivity contribution in [3.63, 3.8) is 0 Å². The molecule has 3 fully saturated rings. The van der Waals surface area contributed by atoms with Crippen LogP contribution in [-0.4, -0.2) is 82.5 Å². The largest absolute Gasteiger partial charge is 0.491 e. The summed E-state index contributed by atoms with van der Waals surface area (Å²) in [5, 5.41) is 10.5. The van der Waals surface area contributed by atoms with Crippen LogP contribution in [0.2, 0.25) is 5.02 Å². The SMILES string of the molecule is O[C@@H]1CO[C@H]2[C@@H]1OC[C@H]2Oc1nc2nc(CC3CCc4cc(OCC5COC5)cnc43)c(Cl)cc2[nH]1. The van der Waals surface area contributed by atoms with Gasteiger partial charge in [0.05, 0.1) is 55.5 Å². The van der Waals surface area contributed by atoms with Crippen LogP contribution >= 0.6 is 11.6 Å². The Hall–Kier alpha value is -2.50. The van der Waals surface area contributed by atoms with E-state index in [-0.39, 0.29) is 30.8 Å². The maximum absolute atomic E-state index is 9.94. The maximum Gasteiger partial charge on any atom is 0.296 e. The van der Waals surface area contributed by atoms with Crippen molar-refractivity contribution < 1.29 is 28.8 Å². The number of rotatable bonds is 7. The molecule has 0 saturated carbocycles. The Labute approximate surface area is 212 Å². The van der Waals surface area contributed by atoms with Crippen LogP contribution in [0.3, 0.4) is 0 Å². The molecule has 6 heterocycles. The molecular formula is C25H27ClN4O6. The number of aliphatic hydroxyl groups excluding tert-OH is 1. The van der Waals surface area contributed by atoms with Crippen LogP contribution < -0.4 is 9.47 Å². The number of halogens is 1. The van der Waals surface area contributed by atoms with Crippen LogP contribution in [0.25, 0.3) is 11.2 Å². The lowest BCUT2D eigenvalue weighted by Crippen LogP contribution is -2.34. The second-order valence-electron chi connectivity index (χ2n) is 10.0. The third-order valence-corrected chi connectivity index (χ3v) is 7.81. The summed E-state index contributed by atoms with van der Waals surface area (Å²) in [6, 6.07) is 4.29. The standard InChI is InChI=1S/C25H27ClN4O6/c26-16-5-18-24(30-25(29-18)36-20-11-35-22-19(31)10-34-23(20)22)28-17(16)4-14-2-1-13-3-15(6-27-21(13)14)33-9-12-7-32-8-12/h3,5-6,12,14,19-20,22-23,31H,1-2,4,7-11H2,(H,28,29,30)/t14?,19-,20-,22-,23-/m1/s1. The molecule has 1 aliphatic carbocycles. The van der Waals surface area contributed by atoms with Crippen LogP contribution in [0.5, 0.6) is 11.8 Å². The molecule has 0 radical (unpaired) electrons. The van der Waals surface area contributed by atoms with Gasteiger partial charge in [0.25, 0.3) is 6.01 Å². The van der Waals surface area contributed by atoms with Gasteiger partial charge in [0.2, 0.25) is 0 Å². The number of pyridine rings is 2. The number of aromatic nitrogens is 4. The average molecular weight is 515 g/mol. The van der Waals surface area contributed by atoms with Crippen molar-refractivity contribution in [3.05, 3.63) is 40.3 Å². The average Bonchev–Trinajstić information content (AvgIpc) is 3.60. The Kier molecular flexibility index (Phi) is 5.74. The van der Waals surface area contributed by atoms with Crippen LogP contribution in [-0.2, 0) is 27.1 Å². The molecule has 1 unspecified atom stereocenters. The fraction of sp³-hybridized carbons (Fsp3) is 0.560. The summed E-state index contributed by atoms with van der Waals surface area (Å²) in [4.78, 5) is 17.1. The molecule has 190 valence electrons. The molecule has 0 spiro atoms. The highest BCUT2D eigenvalue weighted by molar-refractivity contribution is 6.31. The number of fused-ring (bicyclic) bond motifs is 3. The molecule has 3 aliphatic heterocycles. The maximum atomic E-state index is 9.94. The van der Waals surface area contributed by atoms with Gasteiger partial charge in [-0.15, -0.1) is 0 Å². The topological polar surface area (TPSA) is 121 Å². The zero-order valence-corrected chi connectivity index (χ0v) is 20.3. The summed E-state index contributed by atoms with van der Waals surface area (Å²) in [7, 11) is 0. The Bertz CT molecular complexity index is 1280. The molecule has 0 amide bonds. The van der Waals surface area contributed by atoms with E-state index in [9.17, 15) is 5.11 Å². The molecule has 0 aromatic carbocycles. The molecule has 5 atom stereocenters. The number of aliphatic hydroxyl groups is 1. The highest BCUT2D eigenvalue weighted by atomic mass is 35.5. The van der Waals surface area contributed by atoms with Crippen molar-refractivity contribution in [2.75, 3.05) is 33.0 Å². The van der Waals surface area contributed by atoms with E-state index in [2.05, 4.69) is 16.0 Å². The number of hydrogen-bond donors (Lipinski definition) is 2. The Morgan fingerprint density at radius 3 is 2.86 bits per heavy atom. The van der Waals surface area contributed by atoms with Gasteiger partial charge in [0.1, 0.15) is 24.1 Å². The van der Waals surface area contributed by atoms with Gasteiger partial charge < -0.3 is 33.8 Å². The monoisotopic (exact) mass is 514 g/mol. The van der Waals surface area contributed by atoms with Gasteiger partial charge in [-0.25, -0.2) is 4.98 Å². The van der Waals surface area contributed by atoms with Crippen molar-refractivity contribution in [2.24, 2.45) is 5.92 Å². The molecular weight excluding hydrogens is 488 g/mol. The smallest absolute Gasteiger partial charge is 0.296 e. The molecule has 0 bridgehead atoms. The van der Waals surface area contributed by atoms with Gasteiger partial charge in [-0.05, 0) is 37.0 Å². The fourth-order valence-electron chi connectivity index (χ4n) is 5.46. The van der Waals surface area contributed by atoms with E-state index < -0.39 is 6.10 Å². The second-order valence-corrected chi connectivity index (χ2v) is 10.4. The highest BCUT2D eigenvalue weighted by Crippen LogP contribution is 2.37. The minimum Gasteiger partial charge on any atom is -0.491 e. The first kappa shape index (κ1) is 22.7. The predicted molar refractivity (Wildman–Crippen MR) is 128 cm³/mol. The van der Waals surface area contributed by atoms with Gasteiger partial charge in [-0.3, -0.25) is 4.98 Å². The van der Waals surface area contributed by atoms with Crippen molar-refractivity contribution in [2.45, 2.75) is 49.6 Å². The van der Waals surface area contributed by atoms with Crippen LogP contribution in [0.15, 0.2) is 18.3 Å². The Balaban J connectivity index is 1.05. The molecule has 10 nitrogen and oxygen atoms in total. The third-order valence-electron chi connectivity index (χ3n) is 7.48. The number of imidazole rings is 1. The molecule has 4 aliphatic rings. The number of aryl methyl sites for hydroxylation is 1. The Morgan fingerprint density at radius 1 is 1.11 bits per heavy atom. The van der Waals surface area contributed by atoms with Crippen LogP contribution in [0.1, 0.15) is 29.3 Å². The number of hydrogen-bond acceptors (Lipinski definition) is 9. The van der Waals surface area contributed by atoms with E-state index in [0.29, 0.717) is 47.7 Å². The zero-order valence-electron chi connectivity index (χ0n) is 19.6. The first-order valence-electron chi connectivity index (χ1n) is 12.4. The lowest BCUT2D eigenvalue weighted by molar-refractivity contribution is -0.0509. The van der Waals surface area contributed by atoms with Gasteiger partial charge in [-0.1, -0.05) is 11.6 Å². The quantitative estimate of drug-likeness (QED) is 0.488. The predicted octanol–water partition coefficient (Wildman–Crippen LogP) is 2.21. The van der Waals surface area contributed by atoms with E-state index in [1.807, 2.05) is 12.3 Å². The van der Waals surface area contributed by atoms with E-state index in [1.54, 1.807) is 0 Å². The van der Waals surface area contributed by atoms with Crippen molar-refractivity contribution >= 4 is 22.8 Å². The number of nitrogens with zero attached hydrogens (tertiary/aromatic N) is 3. The third kappa shape index (κ3) is 4.10. The second kappa shape index (κ2) is 9.11. The number of nitrogens with one attached hydrogen (secondary N) is 1. The fourth-order valence-corrected chi connectivity index (χ4v) is 5.69. The minimum absolute atomic E-state index is 0.240. The lowest BCUT2D eigenvalue weighted by Gasteiger charge is -2.25. The minimum atomic E-state index is -0.626. The van der Waals surface area contributed by atoms with Gasteiger partial charge >= 0.3 is 0 Å². The number of H-pyrrole nitrogens is 1. The van der Waals surface area contributed by atoms with Gasteiger partial charge in [0.15, 0.2) is 11.8 Å². The van der Waals surface area contributed by atoms with E-state index in [4.69, 9.17) is 45.3 Å².